The zero-order valence-corrected chi connectivity index (χ0v) is 14.4. The van der Waals surface area contributed by atoms with Crippen molar-refractivity contribution in [1.29, 1.82) is 0 Å². The predicted octanol–water partition coefficient (Wildman–Crippen LogP) is 2.08. The summed E-state index contributed by atoms with van der Waals surface area (Å²) in [7, 11) is 0. The Labute approximate surface area is 150 Å². The second-order valence-electron chi connectivity index (χ2n) is 6.62. The Morgan fingerprint density at radius 1 is 1.27 bits per heavy atom. The molecule has 2 fully saturated rings. The molecule has 26 heavy (non-hydrogen) atoms. The molecule has 2 aromatic rings. The molecule has 0 saturated carbocycles. The summed E-state index contributed by atoms with van der Waals surface area (Å²) in [6.07, 6.45) is 5.71. The van der Waals surface area contributed by atoms with Gasteiger partial charge in [-0.25, -0.2) is 14.4 Å². The van der Waals surface area contributed by atoms with E-state index in [0.717, 1.165) is 25.1 Å². The second-order valence-corrected chi connectivity index (χ2v) is 6.62. The molecular weight excluding hydrogens is 337 g/mol. The molecule has 2 aliphatic heterocycles. The van der Waals surface area contributed by atoms with E-state index in [1.807, 2.05) is 17.9 Å². The molecule has 2 aromatic heterocycles. The maximum atomic E-state index is 13.0. The number of aromatic nitrogens is 3. The number of anilines is 2. The van der Waals surface area contributed by atoms with Crippen molar-refractivity contribution < 1.29 is 13.9 Å². The fourth-order valence-electron chi connectivity index (χ4n) is 3.65. The quantitative estimate of drug-likeness (QED) is 0.906. The first kappa shape index (κ1) is 16.8. The molecule has 7 nitrogen and oxygen atoms in total. The number of nitrogens with zero attached hydrogens (tertiary/aromatic N) is 4. The summed E-state index contributed by atoms with van der Waals surface area (Å²) in [5, 5.41) is 2.90. The predicted molar refractivity (Wildman–Crippen MR) is 93.2 cm³/mol. The van der Waals surface area contributed by atoms with Crippen LogP contribution in [0.15, 0.2) is 30.7 Å². The van der Waals surface area contributed by atoms with Crippen LogP contribution >= 0.6 is 0 Å². The highest BCUT2D eigenvalue weighted by Crippen LogP contribution is 2.33. The highest BCUT2D eigenvalue weighted by molar-refractivity contribution is 5.94. The molecule has 4 heterocycles. The van der Waals surface area contributed by atoms with Gasteiger partial charge in [0.15, 0.2) is 5.82 Å². The van der Waals surface area contributed by atoms with E-state index in [0.29, 0.717) is 18.1 Å². The third kappa shape index (κ3) is 3.24. The van der Waals surface area contributed by atoms with Crippen LogP contribution < -0.4 is 10.2 Å². The Morgan fingerprint density at radius 2 is 2.08 bits per heavy atom. The zero-order valence-electron chi connectivity index (χ0n) is 14.4. The second kappa shape index (κ2) is 6.95. The molecule has 8 heteroatoms. The molecule has 0 spiro atoms. The maximum absolute atomic E-state index is 13.0. The molecular formula is C18H20FN5O2. The SMILES string of the molecule is Cc1ncccc1NC(=O)[C@@H]1CC[C@@H]2[C@@H](CCN2c2ncc(F)cn2)O1. The van der Waals surface area contributed by atoms with Gasteiger partial charge in [-0.05, 0) is 38.3 Å². The van der Waals surface area contributed by atoms with E-state index in [4.69, 9.17) is 4.74 Å². The van der Waals surface area contributed by atoms with Gasteiger partial charge in [-0.2, -0.15) is 0 Å². The van der Waals surface area contributed by atoms with E-state index in [1.54, 1.807) is 12.3 Å². The summed E-state index contributed by atoms with van der Waals surface area (Å²) in [5.74, 6) is -0.0840. The number of halogens is 1. The van der Waals surface area contributed by atoms with Crippen molar-refractivity contribution >= 4 is 17.5 Å². The third-order valence-corrected chi connectivity index (χ3v) is 4.97. The summed E-state index contributed by atoms with van der Waals surface area (Å²) < 4.78 is 19.1. The number of nitrogens with one attached hydrogen (secondary N) is 1. The van der Waals surface area contributed by atoms with Crippen LogP contribution in [-0.4, -0.2) is 45.7 Å². The Morgan fingerprint density at radius 3 is 2.85 bits per heavy atom. The average Bonchev–Trinajstić information content (AvgIpc) is 3.07. The monoisotopic (exact) mass is 357 g/mol. The van der Waals surface area contributed by atoms with Gasteiger partial charge in [-0.15, -0.1) is 0 Å². The van der Waals surface area contributed by atoms with Gasteiger partial charge in [-0.3, -0.25) is 9.78 Å². The van der Waals surface area contributed by atoms with Crippen molar-refractivity contribution in [2.75, 3.05) is 16.8 Å². The lowest BCUT2D eigenvalue weighted by atomic mass is 9.98. The molecule has 1 amide bonds. The fourth-order valence-corrected chi connectivity index (χ4v) is 3.65. The third-order valence-electron chi connectivity index (χ3n) is 4.97. The van der Waals surface area contributed by atoms with Crippen LogP contribution in [0, 0.1) is 12.7 Å². The largest absolute Gasteiger partial charge is 0.363 e. The first-order valence-corrected chi connectivity index (χ1v) is 8.74. The van der Waals surface area contributed by atoms with Crippen molar-refractivity contribution in [3.05, 3.63) is 42.2 Å². The highest BCUT2D eigenvalue weighted by atomic mass is 19.1. The van der Waals surface area contributed by atoms with Gasteiger partial charge in [0.1, 0.15) is 6.10 Å². The Balaban J connectivity index is 1.40. The van der Waals surface area contributed by atoms with E-state index in [9.17, 15) is 9.18 Å². The van der Waals surface area contributed by atoms with Crippen molar-refractivity contribution in [2.45, 2.75) is 44.4 Å². The highest BCUT2D eigenvalue weighted by Gasteiger charge is 2.42. The minimum absolute atomic E-state index is 0.0526. The van der Waals surface area contributed by atoms with Crippen LogP contribution in [0.4, 0.5) is 16.0 Å². The van der Waals surface area contributed by atoms with Crippen molar-refractivity contribution in [2.24, 2.45) is 0 Å². The smallest absolute Gasteiger partial charge is 0.253 e. The maximum Gasteiger partial charge on any atom is 0.253 e. The normalized spacial score (nSPS) is 25.0. The Kier molecular flexibility index (Phi) is 4.50. The van der Waals surface area contributed by atoms with Gasteiger partial charge in [0.2, 0.25) is 5.95 Å². The number of rotatable bonds is 3. The number of aryl methyl sites for hydroxylation is 1. The van der Waals surface area contributed by atoms with E-state index >= 15 is 0 Å². The average molecular weight is 357 g/mol. The lowest BCUT2D eigenvalue weighted by Gasteiger charge is -2.35. The number of hydrogen-bond donors (Lipinski definition) is 1. The van der Waals surface area contributed by atoms with Crippen molar-refractivity contribution in [1.82, 2.24) is 15.0 Å². The van der Waals surface area contributed by atoms with Crippen LogP contribution in [-0.2, 0) is 9.53 Å². The van der Waals surface area contributed by atoms with Crippen LogP contribution in [0.1, 0.15) is 25.0 Å². The summed E-state index contributed by atoms with van der Waals surface area (Å²) in [6.45, 7) is 2.59. The van der Waals surface area contributed by atoms with Gasteiger partial charge in [0, 0.05) is 12.7 Å². The molecule has 2 aliphatic rings. The van der Waals surface area contributed by atoms with E-state index in [2.05, 4.69) is 20.3 Å². The molecule has 1 N–H and O–H groups in total. The standard InChI is InChI=1S/C18H20FN5O2/c1-11-13(3-2-7-20-11)23-17(25)16-5-4-14-15(26-16)6-8-24(14)18-21-9-12(19)10-22-18/h2-3,7,9-10,14-16H,4-6,8H2,1H3,(H,23,25)/t14-,15-,16+/m1/s1. The molecule has 3 atom stereocenters. The van der Waals surface area contributed by atoms with Gasteiger partial charge in [0.05, 0.1) is 35.9 Å². The zero-order chi connectivity index (χ0) is 18.1. The summed E-state index contributed by atoms with van der Waals surface area (Å²) >= 11 is 0. The first-order valence-electron chi connectivity index (χ1n) is 8.74. The number of carbonyl (C=O) groups is 1. The summed E-state index contributed by atoms with van der Waals surface area (Å²) in [5.41, 5.74) is 1.48. The molecule has 4 rings (SSSR count). The van der Waals surface area contributed by atoms with Gasteiger partial charge < -0.3 is 15.0 Å². The summed E-state index contributed by atoms with van der Waals surface area (Å²) in [4.78, 5) is 26.9. The van der Waals surface area contributed by atoms with E-state index < -0.39 is 11.9 Å². The van der Waals surface area contributed by atoms with Crippen molar-refractivity contribution in [3.63, 3.8) is 0 Å². The minimum Gasteiger partial charge on any atom is -0.363 e. The molecule has 0 aliphatic carbocycles. The summed E-state index contributed by atoms with van der Waals surface area (Å²) in [6, 6.07) is 3.73. The van der Waals surface area contributed by atoms with Gasteiger partial charge in [0.25, 0.3) is 5.91 Å². The Hall–Kier alpha value is -2.61. The lowest BCUT2D eigenvalue weighted by molar-refractivity contribution is -0.136. The molecule has 2 saturated heterocycles. The van der Waals surface area contributed by atoms with E-state index in [-0.39, 0.29) is 18.1 Å². The molecule has 0 unspecified atom stereocenters. The molecule has 0 radical (unpaired) electrons. The van der Waals surface area contributed by atoms with Crippen LogP contribution in [0.25, 0.3) is 0 Å². The Bertz CT molecular complexity index is 800. The first-order chi connectivity index (χ1) is 12.6. The van der Waals surface area contributed by atoms with Crippen LogP contribution in [0.5, 0.6) is 0 Å². The van der Waals surface area contributed by atoms with Gasteiger partial charge in [-0.1, -0.05) is 0 Å². The number of carbonyl (C=O) groups excluding carboxylic acids is 1. The fraction of sp³-hybridized carbons (Fsp3) is 0.444. The number of amides is 1. The topological polar surface area (TPSA) is 80.2 Å². The van der Waals surface area contributed by atoms with Crippen molar-refractivity contribution in [3.8, 4) is 0 Å². The number of ether oxygens (including phenoxy) is 1. The van der Waals surface area contributed by atoms with Crippen LogP contribution in [0.2, 0.25) is 0 Å². The van der Waals surface area contributed by atoms with Gasteiger partial charge >= 0.3 is 0 Å². The van der Waals surface area contributed by atoms with Crippen LogP contribution in [0.3, 0.4) is 0 Å². The number of fused-ring (bicyclic) bond motifs is 1. The minimum atomic E-state index is -0.482. The van der Waals surface area contributed by atoms with E-state index in [1.165, 1.54) is 12.4 Å². The molecule has 136 valence electrons. The number of pyridine rings is 1. The lowest BCUT2D eigenvalue weighted by Crippen LogP contribution is -2.46. The molecule has 0 aromatic carbocycles. The molecule has 0 bridgehead atoms. The number of hydrogen-bond acceptors (Lipinski definition) is 6.